The van der Waals surface area contributed by atoms with Crippen LogP contribution in [-0.2, 0) is 31.8 Å². The van der Waals surface area contributed by atoms with Crippen molar-refractivity contribution in [1.29, 1.82) is 0 Å². The maximum Gasteiger partial charge on any atom is 0.216 e. The first kappa shape index (κ1) is 28.1. The monoisotopic (exact) mass is 568 g/mol. The van der Waals surface area contributed by atoms with E-state index in [4.69, 9.17) is 9.47 Å². The highest BCUT2D eigenvalue weighted by molar-refractivity contribution is 14.0. The molecular formula is C21H37IN4O4S. The second kappa shape index (κ2) is 15.0. The number of hydrogen-bond donors (Lipinski definition) is 3. The molecule has 0 bridgehead atoms. The molecule has 0 aliphatic carbocycles. The van der Waals surface area contributed by atoms with E-state index in [1.165, 1.54) is 0 Å². The third-order valence-electron chi connectivity index (χ3n) is 4.63. The highest BCUT2D eigenvalue weighted by Crippen LogP contribution is 2.13. The molecule has 0 spiro atoms. The van der Waals surface area contributed by atoms with Gasteiger partial charge in [-0.3, -0.25) is 4.99 Å². The summed E-state index contributed by atoms with van der Waals surface area (Å²) in [7, 11) is -1.66. The maximum atomic E-state index is 12.3. The van der Waals surface area contributed by atoms with Crippen LogP contribution in [0.2, 0.25) is 0 Å². The normalized spacial score (nSPS) is 16.9. The topological polar surface area (TPSA) is 101 Å². The molecule has 2 rings (SSSR count). The van der Waals surface area contributed by atoms with Crippen LogP contribution >= 0.6 is 24.0 Å². The van der Waals surface area contributed by atoms with Gasteiger partial charge in [0.05, 0.1) is 18.5 Å². The Morgan fingerprint density at radius 1 is 1.26 bits per heavy atom. The van der Waals surface area contributed by atoms with Crippen LogP contribution in [0.5, 0.6) is 0 Å². The Morgan fingerprint density at radius 2 is 2.00 bits per heavy atom. The Balaban J connectivity index is 0.00000480. The van der Waals surface area contributed by atoms with Crippen molar-refractivity contribution in [2.75, 3.05) is 33.4 Å². The van der Waals surface area contributed by atoms with E-state index in [2.05, 4.69) is 20.3 Å². The van der Waals surface area contributed by atoms with Crippen molar-refractivity contribution in [2.45, 2.75) is 57.6 Å². The summed E-state index contributed by atoms with van der Waals surface area (Å²) in [6.07, 6.45) is 3.33. The smallest absolute Gasteiger partial charge is 0.216 e. The molecule has 3 N–H and O–H groups in total. The molecule has 8 nitrogen and oxygen atoms in total. The number of rotatable bonds is 12. The van der Waals surface area contributed by atoms with Crippen molar-refractivity contribution in [3.8, 4) is 0 Å². The molecule has 10 heteroatoms. The number of hydrogen-bond acceptors (Lipinski definition) is 5. The van der Waals surface area contributed by atoms with Gasteiger partial charge in [-0.05, 0) is 44.2 Å². The van der Waals surface area contributed by atoms with Crippen molar-refractivity contribution >= 4 is 40.0 Å². The Bertz CT molecular complexity index is 768. The van der Waals surface area contributed by atoms with E-state index in [0.29, 0.717) is 25.7 Å². The van der Waals surface area contributed by atoms with Gasteiger partial charge in [-0.1, -0.05) is 24.3 Å². The van der Waals surface area contributed by atoms with Gasteiger partial charge in [0.1, 0.15) is 0 Å². The number of nitrogens with zero attached hydrogens (tertiary/aromatic N) is 1. The number of benzene rings is 1. The van der Waals surface area contributed by atoms with E-state index < -0.39 is 10.0 Å². The van der Waals surface area contributed by atoms with Crippen LogP contribution in [0.3, 0.4) is 0 Å². The van der Waals surface area contributed by atoms with Crippen LogP contribution in [0.4, 0.5) is 0 Å². The second-order valence-corrected chi connectivity index (χ2v) is 9.47. The molecule has 0 radical (unpaired) electrons. The third kappa shape index (κ3) is 11.5. The van der Waals surface area contributed by atoms with Crippen LogP contribution in [0.1, 0.15) is 44.2 Å². The van der Waals surface area contributed by atoms with Crippen molar-refractivity contribution in [2.24, 2.45) is 4.99 Å². The number of guanidine groups is 1. The highest BCUT2D eigenvalue weighted by atomic mass is 127. The van der Waals surface area contributed by atoms with Crippen LogP contribution in [0.15, 0.2) is 29.3 Å². The van der Waals surface area contributed by atoms with Crippen molar-refractivity contribution in [3.05, 3.63) is 35.4 Å². The average molecular weight is 569 g/mol. The Morgan fingerprint density at radius 3 is 2.65 bits per heavy atom. The minimum Gasteiger partial charge on any atom is -0.379 e. The van der Waals surface area contributed by atoms with Gasteiger partial charge in [0.2, 0.25) is 10.0 Å². The summed E-state index contributed by atoms with van der Waals surface area (Å²) < 4.78 is 38.4. The first-order valence-electron chi connectivity index (χ1n) is 10.6. The van der Waals surface area contributed by atoms with E-state index in [9.17, 15) is 8.42 Å². The zero-order valence-electron chi connectivity index (χ0n) is 18.7. The molecule has 0 saturated carbocycles. The van der Waals surface area contributed by atoms with Crippen LogP contribution in [-0.4, -0.2) is 59.9 Å². The first-order valence-corrected chi connectivity index (χ1v) is 12.3. The fourth-order valence-corrected chi connectivity index (χ4v) is 4.74. The highest BCUT2D eigenvalue weighted by Gasteiger charge is 2.16. The lowest BCUT2D eigenvalue weighted by atomic mass is 10.1. The molecule has 31 heavy (non-hydrogen) atoms. The van der Waals surface area contributed by atoms with Gasteiger partial charge < -0.3 is 20.1 Å². The van der Waals surface area contributed by atoms with Gasteiger partial charge in [-0.15, -0.1) is 24.0 Å². The zero-order chi connectivity index (χ0) is 21.8. The van der Waals surface area contributed by atoms with E-state index in [-0.39, 0.29) is 41.9 Å². The standard InChI is InChI=1S/C21H36N4O4S.HI/c1-17(2)25-30(26,27)16-19-9-5-4-8-18(19)14-24-21(22-3)23-11-7-12-28-15-20-10-6-13-29-20;/h4-5,8-9,17,20,25H,6-7,10-16H2,1-3H3,(H2,22,23,24);1H. The molecule has 1 aromatic rings. The van der Waals surface area contributed by atoms with Gasteiger partial charge in [-0.2, -0.15) is 0 Å². The lowest BCUT2D eigenvalue weighted by molar-refractivity contribution is 0.0168. The van der Waals surface area contributed by atoms with Crippen LogP contribution < -0.4 is 15.4 Å². The number of aliphatic imine (C=N–C) groups is 1. The summed E-state index contributed by atoms with van der Waals surface area (Å²) >= 11 is 0. The average Bonchev–Trinajstić information content (AvgIpc) is 3.20. The van der Waals surface area contributed by atoms with Gasteiger partial charge in [0, 0.05) is 39.4 Å². The molecule has 0 amide bonds. The number of halogens is 1. The summed E-state index contributed by atoms with van der Waals surface area (Å²) in [5.74, 6) is 0.629. The van der Waals surface area contributed by atoms with E-state index in [0.717, 1.165) is 43.5 Å². The summed E-state index contributed by atoms with van der Waals surface area (Å²) in [4.78, 5) is 4.23. The summed E-state index contributed by atoms with van der Waals surface area (Å²) in [6.45, 7) is 7.04. The second-order valence-electron chi connectivity index (χ2n) is 7.72. The molecule has 1 unspecified atom stereocenters. The van der Waals surface area contributed by atoms with E-state index in [1.807, 2.05) is 38.1 Å². The molecule has 1 fully saturated rings. The van der Waals surface area contributed by atoms with E-state index in [1.54, 1.807) is 7.05 Å². The Labute approximate surface area is 204 Å². The molecule has 1 aliphatic rings. The number of sulfonamides is 1. The molecule has 0 aromatic heterocycles. The number of nitrogens with one attached hydrogen (secondary N) is 3. The molecule has 178 valence electrons. The largest absolute Gasteiger partial charge is 0.379 e. The fourth-order valence-electron chi connectivity index (χ4n) is 3.25. The van der Waals surface area contributed by atoms with Crippen molar-refractivity contribution < 1.29 is 17.9 Å². The van der Waals surface area contributed by atoms with Crippen molar-refractivity contribution in [1.82, 2.24) is 15.4 Å². The Hall–Kier alpha value is -0.950. The molecule has 1 aliphatic heterocycles. The van der Waals surface area contributed by atoms with Gasteiger partial charge >= 0.3 is 0 Å². The van der Waals surface area contributed by atoms with Gasteiger partial charge in [0.25, 0.3) is 0 Å². The zero-order valence-corrected chi connectivity index (χ0v) is 21.9. The lowest BCUT2D eigenvalue weighted by Crippen LogP contribution is -2.38. The molecule has 1 aromatic carbocycles. The predicted octanol–water partition coefficient (Wildman–Crippen LogP) is 2.38. The third-order valence-corrected chi connectivity index (χ3v) is 6.16. The minimum atomic E-state index is -3.38. The van der Waals surface area contributed by atoms with Gasteiger partial charge in [0.15, 0.2) is 5.96 Å². The Kier molecular flexibility index (Phi) is 13.6. The summed E-state index contributed by atoms with van der Waals surface area (Å²) in [5.41, 5.74) is 1.70. The predicted molar refractivity (Wildman–Crippen MR) is 135 cm³/mol. The molecular weight excluding hydrogens is 531 g/mol. The quantitative estimate of drug-likeness (QED) is 0.155. The molecule has 1 heterocycles. The SMILES string of the molecule is CN=C(NCCCOCC1CCCO1)NCc1ccccc1CS(=O)(=O)NC(C)C.I. The van der Waals surface area contributed by atoms with E-state index >= 15 is 0 Å². The summed E-state index contributed by atoms with van der Waals surface area (Å²) in [5, 5.41) is 6.51. The van der Waals surface area contributed by atoms with Gasteiger partial charge in [-0.25, -0.2) is 13.1 Å². The van der Waals surface area contributed by atoms with Crippen LogP contribution in [0, 0.1) is 0 Å². The fraction of sp³-hybridized carbons (Fsp3) is 0.667. The van der Waals surface area contributed by atoms with Crippen LogP contribution in [0.25, 0.3) is 0 Å². The first-order chi connectivity index (χ1) is 14.4. The number of ether oxygens (including phenoxy) is 2. The lowest BCUT2D eigenvalue weighted by Gasteiger charge is -2.15. The minimum absolute atomic E-state index is 0. The summed E-state index contributed by atoms with van der Waals surface area (Å²) in [6, 6.07) is 7.41. The molecule has 1 saturated heterocycles. The van der Waals surface area contributed by atoms with Crippen molar-refractivity contribution in [3.63, 3.8) is 0 Å². The maximum absolute atomic E-state index is 12.3. The molecule has 1 atom stereocenters.